The van der Waals surface area contributed by atoms with E-state index in [1.54, 1.807) is 11.8 Å². The van der Waals surface area contributed by atoms with Crippen LogP contribution in [0.5, 0.6) is 0 Å². The van der Waals surface area contributed by atoms with Gasteiger partial charge in [0.2, 0.25) is 0 Å². The van der Waals surface area contributed by atoms with Crippen molar-refractivity contribution < 1.29 is 19.8 Å². The van der Waals surface area contributed by atoms with Crippen molar-refractivity contribution in [2.75, 3.05) is 11.5 Å². The maximum absolute atomic E-state index is 8.48. The van der Waals surface area contributed by atoms with Crippen molar-refractivity contribution in [3.63, 3.8) is 0 Å². The van der Waals surface area contributed by atoms with Crippen LogP contribution in [0.4, 0.5) is 0 Å². The maximum atomic E-state index is 8.48. The molecule has 0 saturated carbocycles. The van der Waals surface area contributed by atoms with Gasteiger partial charge in [-0.3, -0.25) is 0 Å². The first kappa shape index (κ1) is 22.9. The van der Waals surface area contributed by atoms with Crippen LogP contribution >= 0.6 is 8.25 Å². The molecule has 0 saturated heterocycles. The fourth-order valence-electron chi connectivity index (χ4n) is 0.224. The Labute approximate surface area is 102 Å². The van der Waals surface area contributed by atoms with Crippen LogP contribution in [-0.2, 0) is 16.3 Å². The molecule has 0 bridgehead atoms. The SMILES string of the molecule is CC[SH+]CC.O=[P+]([O-])[O-].[Ca+2].[OH-]. The molecule has 0 radical (unpaired) electrons. The topological polar surface area (TPSA) is 93.2 Å². The van der Waals surface area contributed by atoms with Gasteiger partial charge in [0.25, 0.3) is 8.25 Å². The molecule has 0 amide bonds. The second kappa shape index (κ2) is 22.6. The Balaban J connectivity index is -0.0000000383. The molecule has 4 nitrogen and oxygen atoms in total. The van der Waals surface area contributed by atoms with Crippen LogP contribution in [0, 0.1) is 0 Å². The van der Waals surface area contributed by atoms with E-state index in [1.807, 2.05) is 0 Å². The normalized spacial score (nSPS) is 6.18. The van der Waals surface area contributed by atoms with Gasteiger partial charge in [0.1, 0.15) is 11.5 Å². The third-order valence-corrected chi connectivity index (χ3v) is 1.34. The van der Waals surface area contributed by atoms with Gasteiger partial charge in [-0.25, -0.2) is 0 Å². The summed E-state index contributed by atoms with van der Waals surface area (Å²) >= 11 is 1.58. The predicted molar refractivity (Wildman–Crippen MR) is 45.1 cm³/mol. The Morgan fingerprint density at radius 1 is 1.27 bits per heavy atom. The molecule has 0 aliphatic heterocycles. The summed E-state index contributed by atoms with van der Waals surface area (Å²) in [5.41, 5.74) is 0. The third kappa shape index (κ3) is 82.7. The van der Waals surface area contributed by atoms with Gasteiger partial charge in [0.05, 0.1) is 0 Å². The minimum Gasteiger partial charge on any atom is -0.870 e. The van der Waals surface area contributed by atoms with Crippen LogP contribution in [0.3, 0.4) is 0 Å². The summed E-state index contributed by atoms with van der Waals surface area (Å²) in [6, 6.07) is 0. The van der Waals surface area contributed by atoms with E-state index >= 15 is 0 Å². The predicted octanol–water partition coefficient (Wildman–Crippen LogP) is -1.35. The van der Waals surface area contributed by atoms with Crippen LogP contribution in [0.2, 0.25) is 0 Å². The van der Waals surface area contributed by atoms with E-state index in [-0.39, 0.29) is 43.2 Å². The van der Waals surface area contributed by atoms with Crippen molar-refractivity contribution in [3.05, 3.63) is 0 Å². The molecule has 0 spiro atoms. The number of hydrogen-bond donors (Lipinski definition) is 0. The molecule has 11 heavy (non-hydrogen) atoms. The van der Waals surface area contributed by atoms with Crippen molar-refractivity contribution >= 4 is 57.8 Å². The van der Waals surface area contributed by atoms with Gasteiger partial charge in [0, 0.05) is 0 Å². The molecule has 0 rings (SSSR count). The Kier molecular flexibility index (Phi) is 47.0. The molecule has 0 aromatic rings. The molecule has 0 aliphatic carbocycles. The van der Waals surface area contributed by atoms with Crippen molar-refractivity contribution in [1.29, 1.82) is 0 Å². The molecule has 0 aromatic carbocycles. The van der Waals surface area contributed by atoms with Crippen LogP contribution in [-0.4, -0.2) is 54.7 Å². The fraction of sp³-hybridized carbons (Fsp3) is 1.00. The zero-order valence-corrected chi connectivity index (χ0v) is 10.7. The average Bonchev–Trinajstić information content (AvgIpc) is 1.66. The largest absolute Gasteiger partial charge is 2.00 e. The average molecular weight is 227 g/mol. The number of rotatable bonds is 2. The Morgan fingerprint density at radius 2 is 1.45 bits per heavy atom. The van der Waals surface area contributed by atoms with Crippen LogP contribution < -0.4 is 9.79 Å². The summed E-state index contributed by atoms with van der Waals surface area (Å²) in [6.45, 7) is 4.40. The number of hydrogen-bond acceptors (Lipinski definition) is 4. The molecule has 0 heterocycles. The summed E-state index contributed by atoms with van der Waals surface area (Å²) in [7, 11) is -3.37. The molecule has 7 heteroatoms. The quantitative estimate of drug-likeness (QED) is 0.252. The van der Waals surface area contributed by atoms with E-state index in [9.17, 15) is 0 Å². The summed E-state index contributed by atoms with van der Waals surface area (Å²) in [6.07, 6.45) is 0. The Morgan fingerprint density at radius 3 is 1.45 bits per heavy atom. The minimum atomic E-state index is -3.37. The van der Waals surface area contributed by atoms with Gasteiger partial charge >= 0.3 is 37.7 Å². The smallest absolute Gasteiger partial charge is 0.870 e. The van der Waals surface area contributed by atoms with Gasteiger partial charge in [-0.1, -0.05) is 4.57 Å². The minimum absolute atomic E-state index is 0. The van der Waals surface area contributed by atoms with E-state index in [2.05, 4.69) is 13.8 Å². The molecular weight excluding hydrogens is 215 g/mol. The van der Waals surface area contributed by atoms with Gasteiger partial charge in [-0.15, -0.1) is 0 Å². The van der Waals surface area contributed by atoms with Gasteiger partial charge in [-0.05, 0) is 25.6 Å². The molecule has 0 atom stereocenters. The molecule has 1 N–H and O–H groups in total. The monoisotopic (exact) mass is 227 g/mol. The first-order valence-corrected chi connectivity index (χ1v) is 4.95. The van der Waals surface area contributed by atoms with Gasteiger partial charge in [-0.2, -0.15) is 0 Å². The maximum Gasteiger partial charge on any atom is 2.00 e. The van der Waals surface area contributed by atoms with Gasteiger partial charge < -0.3 is 15.3 Å². The number of thiol groups is 1. The van der Waals surface area contributed by atoms with E-state index in [1.165, 1.54) is 11.5 Å². The fourth-order valence-corrected chi connectivity index (χ4v) is 0.671. The van der Waals surface area contributed by atoms with Crippen molar-refractivity contribution in [3.8, 4) is 0 Å². The van der Waals surface area contributed by atoms with Crippen molar-refractivity contribution in [2.24, 2.45) is 0 Å². The summed E-state index contributed by atoms with van der Waals surface area (Å²) in [5.74, 6) is 2.63. The summed E-state index contributed by atoms with van der Waals surface area (Å²) in [4.78, 5) is 17.0. The summed E-state index contributed by atoms with van der Waals surface area (Å²) in [5, 5.41) is 0. The standard InChI is InChI=1S/C4H10S.Ca.HO3P.H2O/c1-3-5-4-2;;1-4(2)3;/h3-4H2,1-2H3;;(H,1,2,3);1H2/q;+2;;/p-1. The zero-order valence-electron chi connectivity index (χ0n) is 6.69. The molecular formula is C4H12CaO4PS+. The molecule has 0 fully saturated rings. The molecule has 0 aliphatic rings. The van der Waals surface area contributed by atoms with Crippen LogP contribution in [0.25, 0.3) is 0 Å². The zero-order chi connectivity index (χ0) is 7.70. The first-order valence-electron chi connectivity index (χ1n) is 2.59. The van der Waals surface area contributed by atoms with Crippen LogP contribution in [0.15, 0.2) is 0 Å². The van der Waals surface area contributed by atoms with Crippen molar-refractivity contribution in [2.45, 2.75) is 13.8 Å². The molecule has 64 valence electrons. The van der Waals surface area contributed by atoms with E-state index in [4.69, 9.17) is 14.4 Å². The third-order valence-electron chi connectivity index (χ3n) is 0.447. The van der Waals surface area contributed by atoms with Gasteiger partial charge in [0.15, 0.2) is 0 Å². The van der Waals surface area contributed by atoms with E-state index in [0.29, 0.717) is 0 Å². The first-order chi connectivity index (χ1) is 4.15. The van der Waals surface area contributed by atoms with E-state index in [0.717, 1.165) is 0 Å². The van der Waals surface area contributed by atoms with Crippen molar-refractivity contribution in [1.82, 2.24) is 0 Å². The van der Waals surface area contributed by atoms with E-state index < -0.39 is 8.25 Å². The van der Waals surface area contributed by atoms with Crippen LogP contribution in [0.1, 0.15) is 13.8 Å². The second-order valence-corrected chi connectivity index (χ2v) is 3.24. The Bertz CT molecular complexity index is 69.1. The Hall–Kier alpha value is 1.59. The molecule has 0 unspecified atom stereocenters. The summed E-state index contributed by atoms with van der Waals surface area (Å²) < 4.78 is 8.48. The second-order valence-electron chi connectivity index (χ2n) is 1.08. The molecule has 0 aromatic heterocycles.